The third-order valence-electron chi connectivity index (χ3n) is 5.33. The largest absolute Gasteiger partial charge is 0.444 e. The molecule has 0 radical (unpaired) electrons. The summed E-state index contributed by atoms with van der Waals surface area (Å²) in [4.78, 5) is 51.9. The average Bonchev–Trinajstić information content (AvgIpc) is 2.70. The first kappa shape index (κ1) is 26.8. The van der Waals surface area contributed by atoms with E-state index in [2.05, 4.69) is 0 Å². The van der Waals surface area contributed by atoms with Gasteiger partial charge in [0.2, 0.25) is 0 Å². The number of aldehydes is 2. The fourth-order valence-corrected chi connectivity index (χ4v) is 6.74. The molecule has 2 aliphatic rings. The van der Waals surface area contributed by atoms with E-state index in [0.717, 1.165) is 12.6 Å². The van der Waals surface area contributed by atoms with Gasteiger partial charge >= 0.3 is 12.2 Å². The van der Waals surface area contributed by atoms with Crippen molar-refractivity contribution in [3.05, 3.63) is 0 Å². The van der Waals surface area contributed by atoms with Crippen LogP contribution in [0.4, 0.5) is 9.59 Å². The summed E-state index contributed by atoms with van der Waals surface area (Å²) in [5.41, 5.74) is -1.13. The van der Waals surface area contributed by atoms with Crippen LogP contribution in [0.25, 0.3) is 0 Å². The number of likely N-dealkylation sites (tertiary alicyclic amines) is 2. The lowest BCUT2D eigenvalue weighted by Gasteiger charge is -2.41. The van der Waals surface area contributed by atoms with Crippen LogP contribution in [0.15, 0.2) is 0 Å². The fraction of sp³-hybridized carbons (Fsp3) is 0.818. The van der Waals surface area contributed by atoms with Crippen molar-refractivity contribution in [2.75, 3.05) is 26.2 Å². The van der Waals surface area contributed by atoms with Crippen molar-refractivity contribution >= 4 is 46.3 Å². The molecule has 0 unspecified atom stereocenters. The fourth-order valence-electron chi connectivity index (χ4n) is 3.40. The quantitative estimate of drug-likeness (QED) is 0.418. The van der Waals surface area contributed by atoms with E-state index in [9.17, 15) is 19.2 Å². The number of rotatable bonds is 5. The van der Waals surface area contributed by atoms with Gasteiger partial charge in [0.05, 0.1) is 9.49 Å². The normalized spacial score (nSPS) is 20.9. The van der Waals surface area contributed by atoms with Crippen LogP contribution in [0.3, 0.4) is 0 Å². The Morgan fingerprint density at radius 1 is 0.688 bits per heavy atom. The van der Waals surface area contributed by atoms with Gasteiger partial charge in [0.25, 0.3) is 0 Å². The molecule has 8 nitrogen and oxygen atoms in total. The van der Waals surface area contributed by atoms with Gasteiger partial charge in [0.15, 0.2) is 0 Å². The van der Waals surface area contributed by atoms with Gasteiger partial charge < -0.3 is 28.9 Å². The highest BCUT2D eigenvalue weighted by molar-refractivity contribution is 8.78. The highest BCUT2D eigenvalue weighted by atomic mass is 33.1. The van der Waals surface area contributed by atoms with Gasteiger partial charge in [-0.1, -0.05) is 21.6 Å². The molecule has 2 aliphatic heterocycles. The summed E-state index contributed by atoms with van der Waals surface area (Å²) in [6.45, 7) is 12.7. The van der Waals surface area contributed by atoms with Crippen LogP contribution in [0.2, 0.25) is 0 Å². The first-order valence-electron chi connectivity index (χ1n) is 11.0. The molecule has 182 valence electrons. The Bertz CT molecular complexity index is 640. The molecule has 2 amide bonds. The van der Waals surface area contributed by atoms with Crippen LogP contribution < -0.4 is 0 Å². The molecule has 0 N–H and O–H groups in total. The van der Waals surface area contributed by atoms with Gasteiger partial charge in [-0.2, -0.15) is 0 Å². The van der Waals surface area contributed by atoms with Crippen molar-refractivity contribution in [3.63, 3.8) is 0 Å². The minimum atomic E-state index is -0.651. The van der Waals surface area contributed by atoms with Gasteiger partial charge in [0.1, 0.15) is 23.8 Å². The van der Waals surface area contributed by atoms with E-state index >= 15 is 0 Å². The molecule has 0 saturated carbocycles. The molecule has 0 aromatic carbocycles. The summed E-state index contributed by atoms with van der Waals surface area (Å²) in [5, 5.41) is 0. The molecule has 2 heterocycles. The molecule has 0 spiro atoms. The van der Waals surface area contributed by atoms with Crippen LogP contribution in [0.5, 0.6) is 0 Å². The topological polar surface area (TPSA) is 93.2 Å². The molecule has 0 aromatic rings. The Hall–Kier alpha value is -1.42. The van der Waals surface area contributed by atoms with Crippen molar-refractivity contribution in [1.29, 1.82) is 0 Å². The molecule has 2 rings (SSSR count). The van der Waals surface area contributed by atoms with E-state index in [4.69, 9.17) is 9.47 Å². The maximum absolute atomic E-state index is 12.3. The first-order valence-corrected chi connectivity index (χ1v) is 13.1. The maximum atomic E-state index is 12.3. The SMILES string of the molecule is CC(C)(C)OC(=O)N1CCC(C=O)(SSC2(C=O)CCN(C(=O)OC(C)(C)C)CC2)CC1. The minimum Gasteiger partial charge on any atom is -0.444 e. The predicted molar refractivity (Wildman–Crippen MR) is 127 cm³/mol. The summed E-state index contributed by atoms with van der Waals surface area (Å²) >= 11 is 0. The average molecular weight is 489 g/mol. The Labute approximate surface area is 198 Å². The Morgan fingerprint density at radius 3 is 1.19 bits per heavy atom. The monoisotopic (exact) mass is 488 g/mol. The molecular weight excluding hydrogens is 452 g/mol. The second-order valence-corrected chi connectivity index (χ2v) is 13.4. The Kier molecular flexibility index (Phi) is 8.58. The summed E-state index contributed by atoms with van der Waals surface area (Å²) in [7, 11) is 2.85. The maximum Gasteiger partial charge on any atom is 0.410 e. The molecule has 32 heavy (non-hydrogen) atoms. The highest BCUT2D eigenvalue weighted by Crippen LogP contribution is 2.50. The zero-order valence-corrected chi connectivity index (χ0v) is 21.6. The molecular formula is C22H36N2O6S2. The van der Waals surface area contributed by atoms with Gasteiger partial charge in [-0.25, -0.2) is 9.59 Å². The summed E-state index contributed by atoms with van der Waals surface area (Å²) in [6, 6.07) is 0. The molecule has 10 heteroatoms. The summed E-state index contributed by atoms with van der Waals surface area (Å²) in [6.07, 6.45) is 3.19. The number of hydrogen-bond acceptors (Lipinski definition) is 8. The zero-order chi connectivity index (χ0) is 24.2. The van der Waals surface area contributed by atoms with Crippen molar-refractivity contribution < 1.29 is 28.7 Å². The predicted octanol–water partition coefficient (Wildman–Crippen LogP) is 4.31. The molecule has 0 aromatic heterocycles. The third kappa shape index (κ3) is 7.57. The third-order valence-corrected chi connectivity index (χ3v) is 9.32. The van der Waals surface area contributed by atoms with E-state index in [-0.39, 0.29) is 12.2 Å². The number of carbonyl (C=O) groups is 4. The van der Waals surface area contributed by atoms with Gasteiger partial charge in [-0.3, -0.25) is 0 Å². The van der Waals surface area contributed by atoms with Crippen LogP contribution in [0, 0.1) is 0 Å². The van der Waals surface area contributed by atoms with Crippen molar-refractivity contribution in [1.82, 2.24) is 9.80 Å². The first-order chi connectivity index (χ1) is 14.7. The number of hydrogen-bond donors (Lipinski definition) is 0. The van der Waals surface area contributed by atoms with Crippen molar-refractivity contribution in [3.8, 4) is 0 Å². The number of amides is 2. The lowest BCUT2D eigenvalue weighted by molar-refractivity contribution is -0.111. The molecule has 0 atom stereocenters. The summed E-state index contributed by atoms with van der Waals surface area (Å²) in [5.74, 6) is 0. The van der Waals surface area contributed by atoms with E-state index in [1.165, 1.54) is 21.6 Å². The van der Waals surface area contributed by atoms with E-state index in [0.29, 0.717) is 51.9 Å². The zero-order valence-electron chi connectivity index (χ0n) is 20.0. The molecule has 0 bridgehead atoms. The standard InChI is InChI=1S/C22H36N2O6S2/c1-19(2,3)29-17(27)23-11-7-21(15-25,8-12-23)31-32-22(16-26)9-13-24(14-10-22)18(28)30-20(4,5)6/h15-16H,7-14H2,1-6H3. The highest BCUT2D eigenvalue weighted by Gasteiger charge is 2.43. The minimum absolute atomic E-state index is 0.367. The number of ether oxygens (including phenoxy) is 2. The van der Waals surface area contributed by atoms with Gasteiger partial charge in [0, 0.05) is 26.2 Å². The van der Waals surface area contributed by atoms with Crippen LogP contribution in [0.1, 0.15) is 67.2 Å². The van der Waals surface area contributed by atoms with Crippen LogP contribution >= 0.6 is 21.6 Å². The van der Waals surface area contributed by atoms with E-state index in [1.54, 1.807) is 9.80 Å². The second-order valence-electron chi connectivity index (χ2n) is 10.5. The molecule has 0 aliphatic carbocycles. The number of piperidine rings is 2. The Balaban J connectivity index is 1.90. The molecule has 2 saturated heterocycles. The smallest absolute Gasteiger partial charge is 0.410 e. The van der Waals surface area contributed by atoms with Crippen LogP contribution in [-0.2, 0) is 19.1 Å². The van der Waals surface area contributed by atoms with E-state index in [1.807, 2.05) is 41.5 Å². The van der Waals surface area contributed by atoms with Crippen LogP contribution in [-0.4, -0.2) is 81.4 Å². The van der Waals surface area contributed by atoms with Gasteiger partial charge in [-0.15, -0.1) is 0 Å². The number of carbonyl (C=O) groups excluding carboxylic acids is 4. The Morgan fingerprint density at radius 2 is 0.969 bits per heavy atom. The molecule has 2 fully saturated rings. The van der Waals surface area contributed by atoms with Gasteiger partial charge in [-0.05, 0) is 67.2 Å². The lowest BCUT2D eigenvalue weighted by atomic mass is 9.97. The summed E-state index contributed by atoms with van der Waals surface area (Å²) < 4.78 is 9.55. The van der Waals surface area contributed by atoms with E-state index < -0.39 is 20.7 Å². The number of nitrogens with zero attached hydrogens (tertiary/aromatic N) is 2. The van der Waals surface area contributed by atoms with Crippen molar-refractivity contribution in [2.24, 2.45) is 0 Å². The second kappa shape index (κ2) is 10.2. The lowest BCUT2D eigenvalue weighted by Crippen LogP contribution is -2.49. The van der Waals surface area contributed by atoms with Crippen molar-refractivity contribution in [2.45, 2.75) is 87.9 Å².